The lowest BCUT2D eigenvalue weighted by Crippen LogP contribution is -2.14. The summed E-state index contributed by atoms with van der Waals surface area (Å²) in [5.41, 5.74) is 0.824. The topological polar surface area (TPSA) is 83.9 Å². The van der Waals surface area contributed by atoms with Crippen LogP contribution in [-0.2, 0) is 15.4 Å². The third-order valence-electron chi connectivity index (χ3n) is 1.63. The van der Waals surface area contributed by atoms with E-state index in [1.165, 1.54) is 12.1 Å². The van der Waals surface area contributed by atoms with Crippen molar-refractivity contribution in [2.24, 2.45) is 5.14 Å². The number of sulfonamides is 1. The van der Waals surface area contributed by atoms with Crippen LogP contribution in [0.15, 0.2) is 23.1 Å². The fourth-order valence-electron chi connectivity index (χ4n) is 0.978. The first-order valence-corrected chi connectivity index (χ1v) is 6.27. The summed E-state index contributed by atoms with van der Waals surface area (Å²) >= 11 is 3.19. The van der Waals surface area contributed by atoms with Crippen LogP contribution in [0, 0.1) is 11.3 Å². The number of nitrogens with zero attached hydrogens (tertiary/aromatic N) is 1. The van der Waals surface area contributed by atoms with Crippen molar-refractivity contribution in [1.29, 1.82) is 5.26 Å². The van der Waals surface area contributed by atoms with E-state index >= 15 is 0 Å². The van der Waals surface area contributed by atoms with E-state index in [4.69, 9.17) is 10.4 Å². The molecule has 0 aromatic heterocycles. The van der Waals surface area contributed by atoms with Crippen molar-refractivity contribution in [1.82, 2.24) is 0 Å². The van der Waals surface area contributed by atoms with E-state index in [1.54, 1.807) is 12.1 Å². The van der Waals surface area contributed by atoms with Gasteiger partial charge in [0, 0.05) is 5.33 Å². The van der Waals surface area contributed by atoms with E-state index in [0.29, 0.717) is 5.33 Å². The number of hydrogen-bond donors (Lipinski definition) is 1. The lowest BCUT2D eigenvalue weighted by Gasteiger charge is -2.02. The Morgan fingerprint density at radius 1 is 1.50 bits per heavy atom. The predicted octanol–water partition coefficient (Wildman–Crippen LogP) is 1.10. The molecule has 4 nitrogen and oxygen atoms in total. The maximum atomic E-state index is 11.1. The molecule has 0 fully saturated rings. The molecule has 74 valence electrons. The van der Waals surface area contributed by atoms with Gasteiger partial charge in [-0.3, -0.25) is 0 Å². The van der Waals surface area contributed by atoms with Crippen LogP contribution in [0.25, 0.3) is 0 Å². The Kier molecular flexibility index (Phi) is 3.26. The normalized spacial score (nSPS) is 10.9. The molecule has 0 heterocycles. The largest absolute Gasteiger partial charge is 0.239 e. The zero-order valence-electron chi connectivity index (χ0n) is 7.07. The Morgan fingerprint density at radius 2 is 2.14 bits per heavy atom. The number of primary sulfonamides is 1. The zero-order valence-corrected chi connectivity index (χ0v) is 9.47. The molecule has 14 heavy (non-hydrogen) atoms. The third kappa shape index (κ3) is 2.32. The number of alkyl halides is 1. The zero-order chi connectivity index (χ0) is 10.8. The van der Waals surface area contributed by atoms with Crippen molar-refractivity contribution in [3.63, 3.8) is 0 Å². The van der Waals surface area contributed by atoms with Crippen molar-refractivity contribution >= 4 is 26.0 Å². The van der Waals surface area contributed by atoms with Crippen molar-refractivity contribution < 1.29 is 8.42 Å². The van der Waals surface area contributed by atoms with Crippen molar-refractivity contribution in [3.8, 4) is 6.07 Å². The fraction of sp³-hybridized carbons (Fsp3) is 0.125. The summed E-state index contributed by atoms with van der Waals surface area (Å²) in [7, 11) is -3.82. The number of nitriles is 1. The van der Waals surface area contributed by atoms with Gasteiger partial charge >= 0.3 is 0 Å². The number of halogens is 1. The van der Waals surface area contributed by atoms with Crippen LogP contribution in [0.2, 0.25) is 0 Å². The van der Waals surface area contributed by atoms with Gasteiger partial charge in [-0.05, 0) is 17.7 Å². The molecule has 0 bridgehead atoms. The summed E-state index contributed by atoms with van der Waals surface area (Å²) in [4.78, 5) is -0.128. The standard InChI is InChI=1S/C8H7BrN2O2S/c9-4-6-1-2-7(5-10)8(3-6)14(11,12)13/h1-3H,4H2,(H2,11,12,13). The second-order valence-corrected chi connectivity index (χ2v) is 4.71. The van der Waals surface area contributed by atoms with Crippen molar-refractivity contribution in [2.45, 2.75) is 10.2 Å². The molecule has 0 unspecified atom stereocenters. The fourth-order valence-corrected chi connectivity index (χ4v) is 2.06. The van der Waals surface area contributed by atoms with Gasteiger partial charge in [0.25, 0.3) is 0 Å². The van der Waals surface area contributed by atoms with Crippen LogP contribution in [0.1, 0.15) is 11.1 Å². The Labute approximate surface area is 90.5 Å². The lowest BCUT2D eigenvalue weighted by molar-refractivity contribution is 0.597. The molecule has 1 aromatic carbocycles. The van der Waals surface area contributed by atoms with Gasteiger partial charge in [0.15, 0.2) is 0 Å². The van der Waals surface area contributed by atoms with Gasteiger partial charge in [0.05, 0.1) is 10.5 Å². The van der Waals surface area contributed by atoms with Crippen LogP contribution in [0.3, 0.4) is 0 Å². The second kappa shape index (κ2) is 4.09. The summed E-state index contributed by atoms with van der Waals surface area (Å²) in [6, 6.07) is 6.28. The van der Waals surface area contributed by atoms with E-state index < -0.39 is 10.0 Å². The maximum Gasteiger partial charge on any atom is 0.239 e. The minimum absolute atomic E-state index is 0.0669. The first-order chi connectivity index (χ1) is 6.49. The Balaban J connectivity index is 3.47. The molecule has 0 atom stereocenters. The number of nitrogens with two attached hydrogens (primary N) is 1. The van der Waals surface area contributed by atoms with Gasteiger partial charge in [-0.1, -0.05) is 22.0 Å². The summed E-state index contributed by atoms with van der Waals surface area (Å²) in [5.74, 6) is 0. The van der Waals surface area contributed by atoms with Crippen LogP contribution in [0.4, 0.5) is 0 Å². The van der Waals surface area contributed by atoms with Crippen LogP contribution >= 0.6 is 15.9 Å². The maximum absolute atomic E-state index is 11.1. The minimum atomic E-state index is -3.82. The Morgan fingerprint density at radius 3 is 2.57 bits per heavy atom. The molecule has 0 amide bonds. The summed E-state index contributed by atoms with van der Waals surface area (Å²) in [6.45, 7) is 0. The first kappa shape index (κ1) is 11.2. The van der Waals surface area contributed by atoms with Gasteiger partial charge < -0.3 is 0 Å². The molecule has 0 saturated heterocycles. The summed E-state index contributed by atoms with van der Waals surface area (Å²) in [5, 5.41) is 14.1. The number of hydrogen-bond acceptors (Lipinski definition) is 3. The smallest absolute Gasteiger partial charge is 0.225 e. The molecule has 0 aliphatic rings. The summed E-state index contributed by atoms with van der Waals surface area (Å²) < 4.78 is 22.2. The lowest BCUT2D eigenvalue weighted by atomic mass is 10.2. The van der Waals surface area contributed by atoms with Gasteiger partial charge in [-0.2, -0.15) is 5.26 Å². The van der Waals surface area contributed by atoms with E-state index in [2.05, 4.69) is 15.9 Å². The van der Waals surface area contributed by atoms with E-state index in [-0.39, 0.29) is 10.5 Å². The molecule has 0 saturated carbocycles. The molecule has 2 N–H and O–H groups in total. The minimum Gasteiger partial charge on any atom is -0.225 e. The highest BCUT2D eigenvalue weighted by Gasteiger charge is 2.13. The molecule has 1 aromatic rings. The highest BCUT2D eigenvalue weighted by Crippen LogP contribution is 2.17. The molecule has 6 heteroatoms. The number of benzene rings is 1. The van der Waals surface area contributed by atoms with E-state index in [0.717, 1.165) is 5.56 Å². The predicted molar refractivity (Wildman–Crippen MR) is 55.2 cm³/mol. The van der Waals surface area contributed by atoms with Gasteiger partial charge in [-0.15, -0.1) is 0 Å². The van der Waals surface area contributed by atoms with Crippen LogP contribution < -0.4 is 5.14 Å². The molecule has 0 aliphatic heterocycles. The molecule has 1 rings (SSSR count). The van der Waals surface area contributed by atoms with Gasteiger partial charge in [0.1, 0.15) is 6.07 Å². The molecular formula is C8H7BrN2O2S. The number of rotatable bonds is 2. The molecule has 0 spiro atoms. The van der Waals surface area contributed by atoms with E-state index in [1.807, 2.05) is 0 Å². The molecule has 0 radical (unpaired) electrons. The Bertz CT molecular complexity index is 491. The van der Waals surface area contributed by atoms with Crippen molar-refractivity contribution in [2.75, 3.05) is 0 Å². The van der Waals surface area contributed by atoms with Gasteiger partial charge in [-0.25, -0.2) is 13.6 Å². The quantitative estimate of drug-likeness (QED) is 0.820. The monoisotopic (exact) mass is 274 g/mol. The second-order valence-electron chi connectivity index (χ2n) is 2.62. The van der Waals surface area contributed by atoms with Crippen LogP contribution in [0.5, 0.6) is 0 Å². The Hall–Kier alpha value is -0.900. The third-order valence-corrected chi connectivity index (χ3v) is 3.23. The van der Waals surface area contributed by atoms with E-state index in [9.17, 15) is 8.42 Å². The van der Waals surface area contributed by atoms with Crippen molar-refractivity contribution in [3.05, 3.63) is 29.3 Å². The average molecular weight is 275 g/mol. The highest BCUT2D eigenvalue weighted by molar-refractivity contribution is 9.08. The summed E-state index contributed by atoms with van der Waals surface area (Å²) in [6.07, 6.45) is 0. The van der Waals surface area contributed by atoms with Crippen LogP contribution in [-0.4, -0.2) is 8.42 Å². The average Bonchev–Trinajstić information content (AvgIpc) is 2.15. The molecule has 0 aliphatic carbocycles. The first-order valence-electron chi connectivity index (χ1n) is 3.61. The molecular weight excluding hydrogens is 268 g/mol. The highest BCUT2D eigenvalue weighted by atomic mass is 79.9. The SMILES string of the molecule is N#Cc1ccc(CBr)cc1S(N)(=O)=O. The van der Waals surface area contributed by atoms with Gasteiger partial charge in [0.2, 0.25) is 10.0 Å².